The zero-order valence-electron chi connectivity index (χ0n) is 11.2. The molecular formula is C13H21N3O2. The first-order valence-corrected chi connectivity index (χ1v) is 6.38. The number of amides is 2. The molecule has 5 nitrogen and oxygen atoms in total. The maximum Gasteiger partial charge on any atom is 0.298 e. The lowest BCUT2D eigenvalue weighted by atomic mass is 10.3. The Balaban J connectivity index is 2.38. The van der Waals surface area contributed by atoms with Gasteiger partial charge in [0, 0.05) is 39.3 Å². The van der Waals surface area contributed by atoms with Crippen LogP contribution >= 0.6 is 0 Å². The second-order valence-electron chi connectivity index (χ2n) is 4.28. The summed E-state index contributed by atoms with van der Waals surface area (Å²) >= 11 is 0. The summed E-state index contributed by atoms with van der Waals surface area (Å²) in [6, 6.07) is 0. The second-order valence-corrected chi connectivity index (χ2v) is 4.28. The van der Waals surface area contributed by atoms with Crippen molar-refractivity contribution in [2.75, 3.05) is 45.8 Å². The van der Waals surface area contributed by atoms with Crippen LogP contribution in [0.25, 0.3) is 0 Å². The van der Waals surface area contributed by atoms with Crippen molar-refractivity contribution in [3.05, 3.63) is 0 Å². The van der Waals surface area contributed by atoms with Gasteiger partial charge in [-0.15, -0.1) is 6.42 Å². The molecule has 1 aliphatic heterocycles. The van der Waals surface area contributed by atoms with Crippen LogP contribution in [0.1, 0.15) is 13.8 Å². The lowest BCUT2D eigenvalue weighted by Crippen LogP contribution is -2.51. The predicted molar refractivity (Wildman–Crippen MR) is 69.8 cm³/mol. The normalized spacial score (nSPS) is 16.2. The van der Waals surface area contributed by atoms with E-state index < -0.39 is 0 Å². The van der Waals surface area contributed by atoms with Crippen LogP contribution in [0.2, 0.25) is 0 Å². The van der Waals surface area contributed by atoms with Crippen LogP contribution in [0.15, 0.2) is 0 Å². The molecule has 0 radical (unpaired) electrons. The van der Waals surface area contributed by atoms with E-state index in [2.05, 4.69) is 10.8 Å². The van der Waals surface area contributed by atoms with E-state index in [9.17, 15) is 9.59 Å². The van der Waals surface area contributed by atoms with Gasteiger partial charge in [0.15, 0.2) is 0 Å². The molecule has 1 aliphatic rings. The molecular weight excluding hydrogens is 230 g/mol. The highest BCUT2D eigenvalue weighted by Crippen LogP contribution is 2.03. The molecule has 0 bridgehead atoms. The van der Waals surface area contributed by atoms with E-state index in [1.807, 2.05) is 18.7 Å². The lowest BCUT2D eigenvalue weighted by Gasteiger charge is -2.34. The van der Waals surface area contributed by atoms with Gasteiger partial charge in [0.2, 0.25) is 5.91 Å². The number of piperazine rings is 1. The molecule has 0 spiro atoms. The van der Waals surface area contributed by atoms with Crippen LogP contribution < -0.4 is 0 Å². The van der Waals surface area contributed by atoms with Crippen LogP contribution in [0.5, 0.6) is 0 Å². The molecule has 5 heteroatoms. The second kappa shape index (κ2) is 7.02. The maximum absolute atomic E-state index is 11.9. The standard InChI is InChI=1S/C13H21N3O2/c1-4-12(17)16-9-7-14(8-10-16)11-13(18)15(5-2)6-3/h1H,5-11H2,2-3H3. The number of carbonyl (C=O) groups is 2. The van der Waals surface area contributed by atoms with Crippen LogP contribution in [-0.4, -0.2) is 72.3 Å². The summed E-state index contributed by atoms with van der Waals surface area (Å²) in [5.41, 5.74) is 0. The lowest BCUT2D eigenvalue weighted by molar-refractivity contribution is -0.133. The summed E-state index contributed by atoms with van der Waals surface area (Å²) in [4.78, 5) is 28.7. The topological polar surface area (TPSA) is 43.9 Å². The molecule has 1 heterocycles. The van der Waals surface area contributed by atoms with E-state index in [1.165, 1.54) is 0 Å². The summed E-state index contributed by atoms with van der Waals surface area (Å²) in [5, 5.41) is 0. The highest BCUT2D eigenvalue weighted by atomic mass is 16.2. The maximum atomic E-state index is 11.9. The van der Waals surface area contributed by atoms with Gasteiger partial charge in [-0.2, -0.15) is 0 Å². The molecule has 0 aromatic heterocycles. The molecule has 0 aromatic carbocycles. The average molecular weight is 251 g/mol. The van der Waals surface area contributed by atoms with E-state index in [0.29, 0.717) is 32.7 Å². The van der Waals surface area contributed by atoms with Gasteiger partial charge in [-0.05, 0) is 19.8 Å². The van der Waals surface area contributed by atoms with Crippen molar-refractivity contribution in [1.29, 1.82) is 0 Å². The van der Waals surface area contributed by atoms with Gasteiger partial charge >= 0.3 is 0 Å². The summed E-state index contributed by atoms with van der Waals surface area (Å²) in [6.45, 7) is 8.50. The minimum absolute atomic E-state index is 0.150. The number of hydrogen-bond donors (Lipinski definition) is 0. The highest BCUT2D eigenvalue weighted by Gasteiger charge is 2.22. The van der Waals surface area contributed by atoms with Crippen LogP contribution in [0.4, 0.5) is 0 Å². The van der Waals surface area contributed by atoms with Gasteiger partial charge in [-0.1, -0.05) is 0 Å². The zero-order chi connectivity index (χ0) is 13.5. The van der Waals surface area contributed by atoms with E-state index >= 15 is 0 Å². The van der Waals surface area contributed by atoms with Gasteiger partial charge < -0.3 is 9.80 Å². The highest BCUT2D eigenvalue weighted by molar-refractivity contribution is 5.92. The Morgan fingerprint density at radius 3 is 2.17 bits per heavy atom. The fraction of sp³-hybridized carbons (Fsp3) is 0.692. The van der Waals surface area contributed by atoms with E-state index in [-0.39, 0.29) is 11.8 Å². The third kappa shape index (κ3) is 3.74. The van der Waals surface area contributed by atoms with E-state index in [4.69, 9.17) is 6.42 Å². The number of hydrogen-bond acceptors (Lipinski definition) is 3. The Labute approximate surface area is 109 Å². The quantitative estimate of drug-likeness (QED) is 0.641. The fourth-order valence-corrected chi connectivity index (χ4v) is 2.07. The smallest absolute Gasteiger partial charge is 0.298 e. The molecule has 1 rings (SSSR count). The first kappa shape index (κ1) is 14.5. The third-order valence-electron chi connectivity index (χ3n) is 3.26. The van der Waals surface area contributed by atoms with Gasteiger partial charge in [0.1, 0.15) is 0 Å². The molecule has 0 aromatic rings. The predicted octanol–water partition coefficient (Wildman–Crippen LogP) is -0.368. The molecule has 100 valence electrons. The molecule has 18 heavy (non-hydrogen) atoms. The van der Waals surface area contributed by atoms with E-state index in [0.717, 1.165) is 13.1 Å². The molecule has 0 atom stereocenters. The van der Waals surface area contributed by atoms with Gasteiger partial charge in [0.05, 0.1) is 6.54 Å². The SMILES string of the molecule is C#CC(=O)N1CCN(CC(=O)N(CC)CC)CC1. The largest absolute Gasteiger partial charge is 0.342 e. The Bertz CT molecular complexity index is 337. The number of nitrogens with zero attached hydrogens (tertiary/aromatic N) is 3. The Morgan fingerprint density at radius 2 is 1.72 bits per heavy atom. The summed E-state index contributed by atoms with van der Waals surface area (Å²) < 4.78 is 0. The zero-order valence-corrected chi connectivity index (χ0v) is 11.2. The first-order chi connectivity index (χ1) is 8.62. The van der Waals surface area contributed by atoms with Crippen molar-refractivity contribution >= 4 is 11.8 Å². The Morgan fingerprint density at radius 1 is 1.17 bits per heavy atom. The molecule has 2 amide bonds. The molecule has 0 unspecified atom stereocenters. The fourth-order valence-electron chi connectivity index (χ4n) is 2.07. The number of likely N-dealkylation sites (N-methyl/N-ethyl adjacent to an activating group) is 1. The van der Waals surface area contributed by atoms with Crippen LogP contribution in [-0.2, 0) is 9.59 Å². The number of rotatable bonds is 4. The number of terminal acetylenes is 1. The van der Waals surface area contributed by atoms with Crippen molar-refractivity contribution in [1.82, 2.24) is 14.7 Å². The van der Waals surface area contributed by atoms with Crippen molar-refractivity contribution in [2.24, 2.45) is 0 Å². The minimum atomic E-state index is -0.260. The molecule has 0 saturated carbocycles. The Hall–Kier alpha value is -1.54. The first-order valence-electron chi connectivity index (χ1n) is 6.38. The monoisotopic (exact) mass is 251 g/mol. The van der Waals surface area contributed by atoms with Crippen molar-refractivity contribution in [3.8, 4) is 12.3 Å². The average Bonchev–Trinajstić information content (AvgIpc) is 2.40. The molecule has 1 fully saturated rings. The van der Waals surface area contributed by atoms with Gasteiger partial charge in [-0.3, -0.25) is 14.5 Å². The molecule has 0 aliphatic carbocycles. The van der Waals surface area contributed by atoms with Crippen molar-refractivity contribution in [2.45, 2.75) is 13.8 Å². The Kier molecular flexibility index (Phi) is 5.66. The number of carbonyl (C=O) groups excluding carboxylic acids is 2. The van der Waals surface area contributed by atoms with Crippen molar-refractivity contribution in [3.63, 3.8) is 0 Å². The summed E-state index contributed by atoms with van der Waals surface area (Å²) in [6.07, 6.45) is 5.08. The molecule has 0 N–H and O–H groups in total. The van der Waals surface area contributed by atoms with Crippen LogP contribution in [0, 0.1) is 12.3 Å². The summed E-state index contributed by atoms with van der Waals surface area (Å²) in [5.74, 6) is 2.01. The van der Waals surface area contributed by atoms with Gasteiger partial charge in [0.25, 0.3) is 5.91 Å². The summed E-state index contributed by atoms with van der Waals surface area (Å²) in [7, 11) is 0. The van der Waals surface area contributed by atoms with Crippen LogP contribution in [0.3, 0.4) is 0 Å². The molecule has 1 saturated heterocycles. The van der Waals surface area contributed by atoms with Gasteiger partial charge in [-0.25, -0.2) is 0 Å². The van der Waals surface area contributed by atoms with Crippen molar-refractivity contribution < 1.29 is 9.59 Å². The third-order valence-corrected chi connectivity index (χ3v) is 3.26. The minimum Gasteiger partial charge on any atom is -0.342 e. The van der Waals surface area contributed by atoms with E-state index in [1.54, 1.807) is 4.90 Å².